The van der Waals surface area contributed by atoms with E-state index in [2.05, 4.69) is 10.0 Å². The van der Waals surface area contributed by atoms with Crippen LogP contribution in [-0.4, -0.2) is 15.4 Å². The molecular weight excluding hydrogens is 289 g/mol. The fraction of sp³-hybridized carbons (Fsp3) is 0.250. The molecule has 1 aromatic rings. The molecule has 0 N–H and O–H groups in total. The number of rotatable bonds is 4. The molecule has 0 aromatic heterocycles. The molecule has 0 aliphatic rings. The summed E-state index contributed by atoms with van der Waals surface area (Å²) in [6, 6.07) is 1.29. The van der Waals surface area contributed by atoms with Crippen LogP contribution in [-0.2, 0) is 16.5 Å². The number of hydrogen-bond acceptors (Lipinski definition) is 3. The molecule has 11 heteroatoms. The van der Waals surface area contributed by atoms with E-state index in [0.717, 1.165) is 0 Å². The van der Waals surface area contributed by atoms with Crippen molar-refractivity contribution in [3.63, 3.8) is 0 Å². The Morgan fingerprint density at radius 1 is 1.37 bits per heavy atom. The van der Waals surface area contributed by atoms with Crippen LogP contribution in [0.4, 0.5) is 22.5 Å². The minimum absolute atomic E-state index is 0.0376. The topological polar surface area (TPSA) is 82.9 Å². The smallest absolute Gasteiger partial charge is 0.449 e. The van der Waals surface area contributed by atoms with Crippen LogP contribution in [0.2, 0.25) is 0 Å². The minimum Gasteiger partial charge on any atom is -0.449 e. The minimum atomic E-state index is -5.23. The summed E-state index contributed by atoms with van der Waals surface area (Å²) in [5.41, 5.74) is 7.43. The molecule has 0 bridgehead atoms. The Morgan fingerprint density at radius 3 is 2.37 bits per heavy atom. The summed E-state index contributed by atoms with van der Waals surface area (Å²) in [4.78, 5) is 1.40. The zero-order valence-electron chi connectivity index (χ0n) is 9.52. The Labute approximate surface area is 106 Å². The van der Waals surface area contributed by atoms with Crippen molar-refractivity contribution in [2.75, 3.05) is 0 Å². The number of benzene rings is 1. The van der Waals surface area contributed by atoms with Crippen molar-refractivity contribution in [1.82, 2.24) is 0 Å². The standard InChI is InChI=1S/C8H7BF4N3O2S/c1-5-6(4-9(10,11)12)2-7(19(13,17)18)3-8(5)15-16-14/h2-3H,4H2,1H3/q-1. The Kier molecular flexibility index (Phi) is 4.11. The second-order valence-electron chi connectivity index (χ2n) is 3.77. The monoisotopic (exact) mass is 296 g/mol. The number of halogens is 4. The maximum Gasteiger partial charge on any atom is 0.482 e. The lowest BCUT2D eigenvalue weighted by Gasteiger charge is -2.17. The van der Waals surface area contributed by atoms with Gasteiger partial charge in [0.05, 0.1) is 4.90 Å². The zero-order valence-corrected chi connectivity index (χ0v) is 10.3. The van der Waals surface area contributed by atoms with Crippen molar-refractivity contribution in [1.29, 1.82) is 0 Å². The van der Waals surface area contributed by atoms with Crippen LogP contribution in [0, 0.1) is 6.92 Å². The lowest BCUT2D eigenvalue weighted by molar-refractivity contribution is 0.468. The molecule has 0 spiro atoms. The van der Waals surface area contributed by atoms with Gasteiger partial charge in [0.1, 0.15) is 0 Å². The second-order valence-corrected chi connectivity index (χ2v) is 5.12. The van der Waals surface area contributed by atoms with Crippen LogP contribution in [0.1, 0.15) is 11.1 Å². The van der Waals surface area contributed by atoms with Crippen molar-refractivity contribution in [3.8, 4) is 0 Å². The first-order valence-corrected chi connectivity index (χ1v) is 6.27. The highest BCUT2D eigenvalue weighted by molar-refractivity contribution is 7.86. The molecule has 0 heterocycles. The normalized spacial score (nSPS) is 12.1. The van der Waals surface area contributed by atoms with Gasteiger partial charge in [-0.15, -0.1) is 3.89 Å². The van der Waals surface area contributed by atoms with E-state index in [4.69, 9.17) is 5.53 Å². The zero-order chi connectivity index (χ0) is 14.8. The van der Waals surface area contributed by atoms with E-state index in [9.17, 15) is 25.3 Å². The maximum atomic E-state index is 12.8. The van der Waals surface area contributed by atoms with Crippen LogP contribution in [0.25, 0.3) is 10.4 Å². The van der Waals surface area contributed by atoms with Gasteiger partial charge in [0.15, 0.2) is 0 Å². The Morgan fingerprint density at radius 2 is 1.95 bits per heavy atom. The van der Waals surface area contributed by atoms with Crippen molar-refractivity contribution in [2.45, 2.75) is 18.1 Å². The molecule has 0 aliphatic heterocycles. The molecule has 0 atom stereocenters. The van der Waals surface area contributed by atoms with Gasteiger partial charge in [-0.1, -0.05) is 17.0 Å². The molecule has 104 valence electrons. The van der Waals surface area contributed by atoms with Gasteiger partial charge < -0.3 is 12.9 Å². The van der Waals surface area contributed by atoms with E-state index in [1.54, 1.807) is 0 Å². The predicted octanol–water partition coefficient (Wildman–Crippen LogP) is 3.52. The third kappa shape index (κ3) is 4.14. The summed E-state index contributed by atoms with van der Waals surface area (Å²) in [5, 5.41) is 3.06. The number of azide groups is 1. The van der Waals surface area contributed by atoms with E-state index >= 15 is 0 Å². The molecule has 19 heavy (non-hydrogen) atoms. The molecule has 0 aliphatic carbocycles. The van der Waals surface area contributed by atoms with Crippen LogP contribution in [0.3, 0.4) is 0 Å². The first-order valence-electron chi connectivity index (χ1n) is 4.89. The fourth-order valence-electron chi connectivity index (χ4n) is 1.48. The van der Waals surface area contributed by atoms with Gasteiger partial charge in [-0.2, -0.15) is 8.42 Å². The summed E-state index contributed by atoms with van der Waals surface area (Å²) in [5.74, 6) is 0. The maximum absolute atomic E-state index is 12.8. The van der Waals surface area contributed by atoms with Gasteiger partial charge in [0.25, 0.3) is 0 Å². The van der Waals surface area contributed by atoms with E-state index in [-0.39, 0.29) is 11.3 Å². The second kappa shape index (κ2) is 5.10. The molecule has 0 radical (unpaired) electrons. The van der Waals surface area contributed by atoms with Crippen LogP contribution in [0.15, 0.2) is 22.1 Å². The average Bonchev–Trinajstić information content (AvgIpc) is 2.20. The van der Waals surface area contributed by atoms with Crippen LogP contribution < -0.4 is 0 Å². The first-order chi connectivity index (χ1) is 8.54. The van der Waals surface area contributed by atoms with Gasteiger partial charge in [0.2, 0.25) is 0 Å². The predicted molar refractivity (Wildman–Crippen MR) is 61.1 cm³/mol. The van der Waals surface area contributed by atoms with E-state index in [0.29, 0.717) is 12.1 Å². The summed E-state index contributed by atoms with van der Waals surface area (Å²) >= 11 is 0. The first kappa shape index (κ1) is 15.3. The number of nitrogens with zero attached hydrogens (tertiary/aromatic N) is 3. The van der Waals surface area contributed by atoms with Gasteiger partial charge in [-0.25, -0.2) is 0 Å². The lowest BCUT2D eigenvalue weighted by atomic mass is 9.80. The summed E-state index contributed by atoms with van der Waals surface area (Å²) in [6.07, 6.45) is -1.39. The Hall–Kier alpha value is -1.74. The lowest BCUT2D eigenvalue weighted by Crippen LogP contribution is -2.20. The molecule has 0 saturated heterocycles. The molecule has 0 saturated carbocycles. The van der Waals surface area contributed by atoms with E-state index in [1.807, 2.05) is 0 Å². The van der Waals surface area contributed by atoms with Gasteiger partial charge in [-0.3, -0.25) is 0 Å². The van der Waals surface area contributed by atoms with Gasteiger partial charge in [0, 0.05) is 10.6 Å². The van der Waals surface area contributed by atoms with Crippen molar-refractivity contribution in [3.05, 3.63) is 33.7 Å². The molecule has 5 nitrogen and oxygen atoms in total. The highest BCUT2D eigenvalue weighted by Crippen LogP contribution is 2.30. The molecular formula is C8H7BF4N3O2S-. The largest absolute Gasteiger partial charge is 0.482 e. The van der Waals surface area contributed by atoms with Crippen molar-refractivity contribution in [2.24, 2.45) is 5.11 Å². The van der Waals surface area contributed by atoms with E-state index in [1.165, 1.54) is 6.92 Å². The van der Waals surface area contributed by atoms with Crippen molar-refractivity contribution < 1.29 is 25.3 Å². The quantitative estimate of drug-likeness (QED) is 0.213. The summed E-state index contributed by atoms with van der Waals surface area (Å²) in [7, 11) is -5.18. The van der Waals surface area contributed by atoms with E-state index < -0.39 is 34.0 Å². The van der Waals surface area contributed by atoms with Crippen LogP contribution in [0.5, 0.6) is 0 Å². The summed E-state index contributed by atoms with van der Waals surface area (Å²) < 4.78 is 71.5. The van der Waals surface area contributed by atoms with Gasteiger partial charge in [-0.05, 0) is 30.2 Å². The molecule has 0 unspecified atom stereocenters. The highest BCUT2D eigenvalue weighted by atomic mass is 32.3. The molecule has 0 fully saturated rings. The molecule has 1 aromatic carbocycles. The highest BCUT2D eigenvalue weighted by Gasteiger charge is 2.26. The SMILES string of the molecule is Cc1c(C[B-](F)(F)F)cc(S(=O)(=O)F)cc1N=[N+]=[N-]. The fourth-order valence-corrected chi connectivity index (χ4v) is 2.02. The molecule has 1 rings (SSSR count). The van der Waals surface area contributed by atoms with Gasteiger partial charge >= 0.3 is 17.2 Å². The summed E-state index contributed by atoms with van der Waals surface area (Å²) in [6.45, 7) is -4.00. The Bertz CT molecular complexity index is 653. The third-order valence-electron chi connectivity index (χ3n) is 2.35. The van der Waals surface area contributed by atoms with Crippen LogP contribution >= 0.6 is 0 Å². The third-order valence-corrected chi connectivity index (χ3v) is 3.15. The molecule has 0 amide bonds. The average molecular weight is 296 g/mol. The Balaban J connectivity index is 3.54. The number of hydrogen-bond donors (Lipinski definition) is 0. The van der Waals surface area contributed by atoms with Crippen molar-refractivity contribution >= 4 is 22.9 Å².